The highest BCUT2D eigenvalue weighted by Gasteiger charge is 2.39. The first kappa shape index (κ1) is 15.5. The Labute approximate surface area is 137 Å². The highest BCUT2D eigenvalue weighted by atomic mass is 16.2. The van der Waals surface area contributed by atoms with Crippen molar-refractivity contribution in [3.8, 4) is 0 Å². The number of aryl methyl sites for hydroxylation is 1. The van der Waals surface area contributed by atoms with Crippen LogP contribution in [0.15, 0.2) is 48.7 Å². The lowest BCUT2D eigenvalue weighted by Gasteiger charge is -2.46. The molecule has 0 aliphatic carbocycles. The lowest BCUT2D eigenvalue weighted by atomic mass is 9.85. The Kier molecular flexibility index (Phi) is 4.60. The lowest BCUT2D eigenvalue weighted by Crippen LogP contribution is -2.55. The van der Waals surface area contributed by atoms with Crippen molar-refractivity contribution in [1.29, 1.82) is 0 Å². The number of carbonyl (C=O) groups is 1. The SMILES string of the molecule is Cc1ccc(CCNC(=O)N2C[C@@H](C)[C@H]2c2ccccc2)cn1. The van der Waals surface area contributed by atoms with E-state index in [9.17, 15) is 4.79 Å². The lowest BCUT2D eigenvalue weighted by molar-refractivity contribution is 0.0594. The van der Waals surface area contributed by atoms with E-state index >= 15 is 0 Å². The number of rotatable bonds is 4. The molecular weight excluding hydrogens is 286 g/mol. The Hall–Kier alpha value is -2.36. The zero-order valence-corrected chi connectivity index (χ0v) is 13.7. The molecular formula is C19H23N3O. The van der Waals surface area contributed by atoms with Crippen molar-refractivity contribution in [2.75, 3.05) is 13.1 Å². The Balaban J connectivity index is 1.53. The second-order valence-electron chi connectivity index (χ2n) is 6.27. The maximum absolute atomic E-state index is 12.4. The van der Waals surface area contributed by atoms with Gasteiger partial charge < -0.3 is 10.2 Å². The molecule has 1 fully saturated rings. The van der Waals surface area contributed by atoms with Gasteiger partial charge in [0.15, 0.2) is 0 Å². The van der Waals surface area contributed by atoms with Gasteiger partial charge in [-0.15, -0.1) is 0 Å². The summed E-state index contributed by atoms with van der Waals surface area (Å²) in [5, 5.41) is 3.03. The summed E-state index contributed by atoms with van der Waals surface area (Å²) in [4.78, 5) is 18.6. The maximum atomic E-state index is 12.4. The molecule has 1 aliphatic rings. The van der Waals surface area contributed by atoms with Crippen molar-refractivity contribution >= 4 is 6.03 Å². The summed E-state index contributed by atoms with van der Waals surface area (Å²) >= 11 is 0. The summed E-state index contributed by atoms with van der Waals surface area (Å²) in [5.74, 6) is 0.504. The molecule has 23 heavy (non-hydrogen) atoms. The smallest absolute Gasteiger partial charge is 0.317 e. The maximum Gasteiger partial charge on any atom is 0.317 e. The van der Waals surface area contributed by atoms with Crippen LogP contribution in [0.2, 0.25) is 0 Å². The van der Waals surface area contributed by atoms with Gasteiger partial charge in [0.05, 0.1) is 6.04 Å². The van der Waals surface area contributed by atoms with E-state index < -0.39 is 0 Å². The molecule has 1 aromatic carbocycles. The zero-order chi connectivity index (χ0) is 16.2. The monoisotopic (exact) mass is 309 g/mol. The number of amides is 2. The fourth-order valence-electron chi connectivity index (χ4n) is 3.12. The van der Waals surface area contributed by atoms with Crippen molar-refractivity contribution in [3.63, 3.8) is 0 Å². The van der Waals surface area contributed by atoms with Crippen LogP contribution in [-0.4, -0.2) is 29.0 Å². The van der Waals surface area contributed by atoms with Crippen molar-refractivity contribution in [2.24, 2.45) is 5.92 Å². The minimum absolute atomic E-state index is 0.0250. The first-order valence-electron chi connectivity index (χ1n) is 8.16. The molecule has 4 heteroatoms. The summed E-state index contributed by atoms with van der Waals surface area (Å²) in [5.41, 5.74) is 3.37. The van der Waals surface area contributed by atoms with Crippen LogP contribution < -0.4 is 5.32 Å². The summed E-state index contributed by atoms with van der Waals surface area (Å²) < 4.78 is 0. The Bertz CT molecular complexity index is 654. The molecule has 1 saturated heterocycles. The van der Waals surface area contributed by atoms with E-state index in [1.54, 1.807) is 0 Å². The van der Waals surface area contributed by atoms with Crippen LogP contribution in [0, 0.1) is 12.8 Å². The molecule has 0 radical (unpaired) electrons. The Morgan fingerprint density at radius 1 is 1.26 bits per heavy atom. The zero-order valence-electron chi connectivity index (χ0n) is 13.7. The number of pyridine rings is 1. The number of nitrogens with one attached hydrogen (secondary N) is 1. The van der Waals surface area contributed by atoms with Crippen molar-refractivity contribution in [2.45, 2.75) is 26.3 Å². The third kappa shape index (κ3) is 3.52. The summed E-state index contributed by atoms with van der Waals surface area (Å²) in [6, 6.07) is 14.5. The average molecular weight is 309 g/mol. The number of aromatic nitrogens is 1. The molecule has 0 spiro atoms. The van der Waals surface area contributed by atoms with E-state index in [1.807, 2.05) is 42.3 Å². The summed E-state index contributed by atoms with van der Waals surface area (Å²) in [7, 11) is 0. The third-order valence-corrected chi connectivity index (χ3v) is 4.42. The predicted molar refractivity (Wildman–Crippen MR) is 91.1 cm³/mol. The van der Waals surface area contributed by atoms with Gasteiger partial charge in [-0.05, 0) is 36.5 Å². The number of hydrogen-bond acceptors (Lipinski definition) is 2. The van der Waals surface area contributed by atoms with Gasteiger partial charge in [0, 0.05) is 25.0 Å². The van der Waals surface area contributed by atoms with Crippen LogP contribution in [0.3, 0.4) is 0 Å². The summed E-state index contributed by atoms with van der Waals surface area (Å²) in [6.45, 7) is 5.62. The molecule has 3 rings (SSSR count). The largest absolute Gasteiger partial charge is 0.338 e. The van der Waals surface area contributed by atoms with Gasteiger partial charge in [0.25, 0.3) is 0 Å². The second-order valence-corrected chi connectivity index (χ2v) is 6.27. The van der Waals surface area contributed by atoms with Crippen LogP contribution in [0.5, 0.6) is 0 Å². The van der Waals surface area contributed by atoms with E-state index in [0.717, 1.165) is 24.2 Å². The number of benzene rings is 1. The van der Waals surface area contributed by atoms with Crippen LogP contribution in [0.25, 0.3) is 0 Å². The molecule has 1 N–H and O–H groups in total. The second kappa shape index (κ2) is 6.82. The molecule has 120 valence electrons. The van der Waals surface area contributed by atoms with Gasteiger partial charge in [-0.3, -0.25) is 4.98 Å². The molecule has 0 saturated carbocycles. The van der Waals surface area contributed by atoms with Crippen LogP contribution >= 0.6 is 0 Å². The molecule has 2 atom stereocenters. The topological polar surface area (TPSA) is 45.2 Å². The molecule has 0 bridgehead atoms. The quantitative estimate of drug-likeness (QED) is 0.941. The number of nitrogens with zero attached hydrogens (tertiary/aromatic N) is 2. The van der Waals surface area contributed by atoms with Crippen LogP contribution in [-0.2, 0) is 6.42 Å². The number of carbonyl (C=O) groups excluding carboxylic acids is 1. The first-order valence-corrected chi connectivity index (χ1v) is 8.16. The molecule has 2 aromatic rings. The molecule has 4 nitrogen and oxygen atoms in total. The number of hydrogen-bond donors (Lipinski definition) is 1. The normalized spacial score (nSPS) is 20.0. The minimum Gasteiger partial charge on any atom is -0.338 e. The van der Waals surface area contributed by atoms with Gasteiger partial charge in [-0.25, -0.2) is 4.79 Å². The van der Waals surface area contributed by atoms with E-state index in [2.05, 4.69) is 35.4 Å². The molecule has 1 aromatic heterocycles. The molecule has 0 unspecified atom stereocenters. The molecule has 2 heterocycles. The molecule has 1 aliphatic heterocycles. The fourth-order valence-corrected chi connectivity index (χ4v) is 3.12. The van der Waals surface area contributed by atoms with Crippen molar-refractivity contribution < 1.29 is 4.79 Å². The minimum atomic E-state index is 0.0250. The van der Waals surface area contributed by atoms with Gasteiger partial charge in [-0.1, -0.05) is 43.3 Å². The molecule has 2 amide bonds. The number of urea groups is 1. The average Bonchev–Trinajstić information content (AvgIpc) is 2.55. The first-order chi connectivity index (χ1) is 11.1. The Morgan fingerprint density at radius 2 is 2.04 bits per heavy atom. The standard InChI is InChI=1S/C19H23N3O/c1-14-13-22(18(14)17-6-4-3-5-7-17)19(23)20-11-10-16-9-8-15(2)21-12-16/h3-9,12,14,18H,10-11,13H2,1-2H3,(H,20,23)/t14-,18+/m1/s1. The van der Waals surface area contributed by atoms with Crippen LogP contribution in [0.4, 0.5) is 4.79 Å². The van der Waals surface area contributed by atoms with Crippen molar-refractivity contribution in [3.05, 3.63) is 65.5 Å². The highest BCUT2D eigenvalue weighted by Crippen LogP contribution is 2.38. The third-order valence-electron chi connectivity index (χ3n) is 4.42. The summed E-state index contributed by atoms with van der Waals surface area (Å²) in [6.07, 6.45) is 2.68. The predicted octanol–water partition coefficient (Wildman–Crippen LogP) is 3.34. The van der Waals surface area contributed by atoms with E-state index in [4.69, 9.17) is 0 Å². The van der Waals surface area contributed by atoms with E-state index in [0.29, 0.717) is 12.5 Å². The van der Waals surface area contributed by atoms with Gasteiger partial charge in [0.2, 0.25) is 0 Å². The van der Waals surface area contributed by atoms with Gasteiger partial charge >= 0.3 is 6.03 Å². The highest BCUT2D eigenvalue weighted by molar-refractivity contribution is 5.75. The van der Waals surface area contributed by atoms with Gasteiger partial charge in [-0.2, -0.15) is 0 Å². The van der Waals surface area contributed by atoms with Crippen LogP contribution in [0.1, 0.15) is 29.8 Å². The number of likely N-dealkylation sites (tertiary alicyclic amines) is 1. The van der Waals surface area contributed by atoms with E-state index in [1.165, 1.54) is 5.56 Å². The Morgan fingerprint density at radius 3 is 2.70 bits per heavy atom. The fraction of sp³-hybridized carbons (Fsp3) is 0.368. The van der Waals surface area contributed by atoms with E-state index in [-0.39, 0.29) is 12.1 Å². The van der Waals surface area contributed by atoms with Crippen molar-refractivity contribution in [1.82, 2.24) is 15.2 Å². The van der Waals surface area contributed by atoms with Gasteiger partial charge in [0.1, 0.15) is 0 Å².